The number of hydrazine groups is 1. The van der Waals surface area contributed by atoms with Crippen LogP contribution >= 0.6 is 11.6 Å². The summed E-state index contributed by atoms with van der Waals surface area (Å²) < 4.78 is 27.2. The Morgan fingerprint density at radius 1 is 1.32 bits per heavy atom. The first-order chi connectivity index (χ1) is 9.02. The number of aryl methyl sites for hydroxylation is 1. The maximum Gasteiger partial charge on any atom is 0.187 e. The van der Waals surface area contributed by atoms with E-state index in [0.717, 1.165) is 0 Å². The standard InChI is InChI=1S/C12H11ClF2N4/c1-6-11(15)12(19-16)18-10(17-6)5-7-8(13)3-2-4-9(7)14/h2-4H,5,16H2,1H3,(H,17,18,19). The molecule has 7 heteroatoms. The van der Waals surface area contributed by atoms with Gasteiger partial charge in [0, 0.05) is 17.0 Å². The van der Waals surface area contributed by atoms with Gasteiger partial charge in [0.2, 0.25) is 0 Å². The molecule has 1 aromatic heterocycles. The van der Waals surface area contributed by atoms with Gasteiger partial charge in [0.15, 0.2) is 11.6 Å². The number of nitrogens with one attached hydrogen (secondary N) is 1. The highest BCUT2D eigenvalue weighted by Gasteiger charge is 2.14. The third-order valence-corrected chi connectivity index (χ3v) is 2.95. The molecule has 0 unspecified atom stereocenters. The number of rotatable bonds is 3. The number of hydrogen-bond donors (Lipinski definition) is 2. The van der Waals surface area contributed by atoms with E-state index < -0.39 is 11.6 Å². The van der Waals surface area contributed by atoms with E-state index in [9.17, 15) is 8.78 Å². The monoisotopic (exact) mass is 284 g/mol. The van der Waals surface area contributed by atoms with Crippen molar-refractivity contribution in [2.24, 2.45) is 5.84 Å². The Bertz CT molecular complexity index is 599. The molecule has 0 atom stereocenters. The number of nitrogen functional groups attached to an aromatic ring is 1. The molecule has 19 heavy (non-hydrogen) atoms. The van der Waals surface area contributed by atoms with Gasteiger partial charge in [0.1, 0.15) is 11.6 Å². The highest BCUT2D eigenvalue weighted by atomic mass is 35.5. The van der Waals surface area contributed by atoms with Gasteiger partial charge in [0.05, 0.1) is 5.69 Å². The summed E-state index contributed by atoms with van der Waals surface area (Å²) in [5.41, 5.74) is 2.53. The van der Waals surface area contributed by atoms with E-state index in [1.165, 1.54) is 19.1 Å². The number of aromatic nitrogens is 2. The van der Waals surface area contributed by atoms with E-state index in [-0.39, 0.29) is 34.3 Å². The van der Waals surface area contributed by atoms with Crippen LogP contribution in [0.25, 0.3) is 0 Å². The predicted molar refractivity (Wildman–Crippen MR) is 68.8 cm³/mol. The molecule has 0 saturated heterocycles. The molecule has 2 aromatic rings. The zero-order valence-electron chi connectivity index (χ0n) is 10.0. The van der Waals surface area contributed by atoms with E-state index in [2.05, 4.69) is 15.4 Å². The third kappa shape index (κ3) is 2.80. The first-order valence-electron chi connectivity index (χ1n) is 5.45. The summed E-state index contributed by atoms with van der Waals surface area (Å²) in [5, 5.41) is 0.271. The van der Waals surface area contributed by atoms with E-state index in [4.69, 9.17) is 17.4 Å². The summed E-state index contributed by atoms with van der Waals surface area (Å²) in [7, 11) is 0. The number of nitrogens with two attached hydrogens (primary N) is 1. The second kappa shape index (κ2) is 5.46. The largest absolute Gasteiger partial charge is 0.306 e. The highest BCUT2D eigenvalue weighted by molar-refractivity contribution is 6.31. The maximum atomic E-state index is 13.6. The molecule has 0 aliphatic heterocycles. The molecule has 0 amide bonds. The second-order valence-electron chi connectivity index (χ2n) is 3.91. The first-order valence-corrected chi connectivity index (χ1v) is 5.83. The van der Waals surface area contributed by atoms with Crippen molar-refractivity contribution in [1.29, 1.82) is 0 Å². The molecular weight excluding hydrogens is 274 g/mol. The van der Waals surface area contributed by atoms with Crippen LogP contribution in [0.1, 0.15) is 17.1 Å². The first kappa shape index (κ1) is 13.6. The summed E-state index contributed by atoms with van der Waals surface area (Å²) in [6, 6.07) is 4.36. The van der Waals surface area contributed by atoms with Crippen molar-refractivity contribution in [3.63, 3.8) is 0 Å². The fourth-order valence-electron chi connectivity index (χ4n) is 1.65. The van der Waals surface area contributed by atoms with Crippen molar-refractivity contribution in [1.82, 2.24) is 9.97 Å². The summed E-state index contributed by atoms with van der Waals surface area (Å²) >= 11 is 5.91. The van der Waals surface area contributed by atoms with Crippen molar-refractivity contribution in [3.05, 3.63) is 51.9 Å². The lowest BCUT2D eigenvalue weighted by Gasteiger charge is -2.08. The maximum absolute atomic E-state index is 13.6. The number of nitrogens with zero attached hydrogens (tertiary/aromatic N) is 2. The van der Waals surface area contributed by atoms with E-state index in [1.54, 1.807) is 6.07 Å². The van der Waals surface area contributed by atoms with Crippen molar-refractivity contribution < 1.29 is 8.78 Å². The zero-order chi connectivity index (χ0) is 14.0. The summed E-state index contributed by atoms with van der Waals surface area (Å²) in [6.07, 6.45) is 0.0569. The van der Waals surface area contributed by atoms with Gasteiger partial charge in [-0.2, -0.15) is 0 Å². The van der Waals surface area contributed by atoms with Gasteiger partial charge < -0.3 is 5.43 Å². The van der Waals surface area contributed by atoms with Crippen LogP contribution < -0.4 is 11.3 Å². The molecule has 3 N–H and O–H groups in total. The van der Waals surface area contributed by atoms with Gasteiger partial charge in [-0.05, 0) is 19.1 Å². The molecule has 1 aromatic carbocycles. The Morgan fingerprint density at radius 3 is 2.68 bits per heavy atom. The van der Waals surface area contributed by atoms with Gasteiger partial charge in [0.25, 0.3) is 0 Å². The summed E-state index contributed by atoms with van der Waals surface area (Å²) in [4.78, 5) is 7.83. The zero-order valence-corrected chi connectivity index (χ0v) is 10.8. The third-order valence-electron chi connectivity index (χ3n) is 2.60. The Morgan fingerprint density at radius 2 is 2.05 bits per heavy atom. The van der Waals surface area contributed by atoms with Crippen LogP contribution in [0.15, 0.2) is 18.2 Å². The van der Waals surface area contributed by atoms with Gasteiger partial charge >= 0.3 is 0 Å². The van der Waals surface area contributed by atoms with Crippen LogP contribution in [-0.2, 0) is 6.42 Å². The number of anilines is 1. The van der Waals surface area contributed by atoms with Gasteiger partial charge in [-0.25, -0.2) is 24.6 Å². The molecule has 0 saturated carbocycles. The fraction of sp³-hybridized carbons (Fsp3) is 0.167. The van der Waals surface area contributed by atoms with Crippen molar-refractivity contribution in [2.45, 2.75) is 13.3 Å². The average molecular weight is 285 g/mol. The molecule has 1 heterocycles. The molecule has 2 rings (SSSR count). The number of halogens is 3. The minimum atomic E-state index is -0.633. The van der Waals surface area contributed by atoms with Gasteiger partial charge in [-0.1, -0.05) is 17.7 Å². The molecule has 0 aliphatic rings. The average Bonchev–Trinajstić information content (AvgIpc) is 2.38. The fourth-order valence-corrected chi connectivity index (χ4v) is 1.88. The summed E-state index contributed by atoms with van der Waals surface area (Å²) in [5.74, 6) is 4.18. The Labute approximate surface area is 113 Å². The predicted octanol–water partition coefficient (Wildman–Crippen LogP) is 2.59. The minimum absolute atomic E-state index is 0.0569. The van der Waals surface area contributed by atoms with E-state index in [1.807, 2.05) is 0 Å². The molecule has 0 spiro atoms. The van der Waals surface area contributed by atoms with Crippen LogP contribution in [-0.4, -0.2) is 9.97 Å². The van der Waals surface area contributed by atoms with Gasteiger partial charge in [-0.3, -0.25) is 0 Å². The Hall–Kier alpha value is -1.79. The van der Waals surface area contributed by atoms with Crippen molar-refractivity contribution in [2.75, 3.05) is 5.43 Å². The van der Waals surface area contributed by atoms with Crippen LogP contribution in [0.2, 0.25) is 5.02 Å². The highest BCUT2D eigenvalue weighted by Crippen LogP contribution is 2.22. The lowest BCUT2D eigenvalue weighted by molar-refractivity contribution is 0.596. The van der Waals surface area contributed by atoms with Crippen LogP contribution in [0.5, 0.6) is 0 Å². The molecule has 0 bridgehead atoms. The van der Waals surface area contributed by atoms with Crippen molar-refractivity contribution in [3.8, 4) is 0 Å². The quantitative estimate of drug-likeness (QED) is 0.672. The molecular formula is C12H11ClF2N4. The normalized spacial score (nSPS) is 10.6. The van der Waals surface area contributed by atoms with Crippen LogP contribution in [0.3, 0.4) is 0 Å². The van der Waals surface area contributed by atoms with Crippen LogP contribution in [0.4, 0.5) is 14.6 Å². The lowest BCUT2D eigenvalue weighted by Crippen LogP contribution is -2.14. The molecule has 4 nitrogen and oxygen atoms in total. The van der Waals surface area contributed by atoms with E-state index in [0.29, 0.717) is 0 Å². The number of benzene rings is 1. The SMILES string of the molecule is Cc1nc(Cc2c(F)cccc2Cl)nc(NN)c1F. The van der Waals surface area contributed by atoms with Crippen LogP contribution in [0, 0.1) is 18.6 Å². The Kier molecular flexibility index (Phi) is 3.92. The molecule has 100 valence electrons. The second-order valence-corrected chi connectivity index (χ2v) is 4.32. The molecule has 0 fully saturated rings. The summed E-state index contributed by atoms with van der Waals surface area (Å²) in [6.45, 7) is 1.48. The van der Waals surface area contributed by atoms with Gasteiger partial charge in [-0.15, -0.1) is 0 Å². The lowest BCUT2D eigenvalue weighted by atomic mass is 10.1. The van der Waals surface area contributed by atoms with E-state index >= 15 is 0 Å². The van der Waals surface area contributed by atoms with Crippen molar-refractivity contribution >= 4 is 17.4 Å². The molecule has 0 radical (unpaired) electrons. The molecule has 0 aliphatic carbocycles. The smallest absolute Gasteiger partial charge is 0.187 e. The topological polar surface area (TPSA) is 63.8 Å². The number of hydrogen-bond acceptors (Lipinski definition) is 4. The minimum Gasteiger partial charge on any atom is -0.306 e. The Balaban J connectivity index is 2.41.